The summed E-state index contributed by atoms with van der Waals surface area (Å²) in [6, 6.07) is 0. The van der Waals surface area contributed by atoms with Crippen LogP contribution in [0.2, 0.25) is 0 Å². The van der Waals surface area contributed by atoms with Gasteiger partial charge in [0.05, 0.1) is 0 Å². The lowest BCUT2D eigenvalue weighted by atomic mass is 10.1. The Bertz CT molecular complexity index is 184. The zero-order chi connectivity index (χ0) is 15.6. The van der Waals surface area contributed by atoms with E-state index in [-0.39, 0.29) is 0 Å². The summed E-state index contributed by atoms with van der Waals surface area (Å²) >= 11 is 0. The number of nitrogens with zero attached hydrogens (tertiary/aromatic N) is 1. The average molecular weight is 300 g/mol. The molecule has 2 nitrogen and oxygen atoms in total. The Hall–Kier alpha value is -0.0800. The molecule has 0 bridgehead atoms. The first-order valence-electron chi connectivity index (χ1n) is 9.68. The fourth-order valence-electron chi connectivity index (χ4n) is 2.90. The van der Waals surface area contributed by atoms with Crippen LogP contribution in [0.15, 0.2) is 0 Å². The molecule has 0 spiro atoms. The molecule has 0 radical (unpaired) electrons. The number of aliphatic hydroxyl groups excluding tert-OH is 1. The fourth-order valence-corrected chi connectivity index (χ4v) is 2.90. The summed E-state index contributed by atoms with van der Waals surface area (Å²) in [6.07, 6.45) is 17.9. The van der Waals surface area contributed by atoms with Crippen molar-refractivity contribution in [3.8, 4) is 0 Å². The van der Waals surface area contributed by atoms with Gasteiger partial charge in [-0.15, -0.1) is 0 Å². The van der Waals surface area contributed by atoms with Crippen molar-refractivity contribution in [2.75, 3.05) is 26.2 Å². The Balaban J connectivity index is 3.14. The maximum absolute atomic E-state index is 8.86. The zero-order valence-electron chi connectivity index (χ0n) is 14.9. The molecule has 0 unspecified atom stereocenters. The third-order valence-corrected chi connectivity index (χ3v) is 4.41. The minimum absolute atomic E-state index is 0.328. The molecule has 0 saturated carbocycles. The van der Waals surface area contributed by atoms with Crippen molar-refractivity contribution in [2.24, 2.45) is 0 Å². The summed E-state index contributed by atoms with van der Waals surface area (Å²) in [5, 5.41) is 8.86. The van der Waals surface area contributed by atoms with Crippen LogP contribution in [0.5, 0.6) is 0 Å². The first kappa shape index (κ1) is 20.9. The molecular weight excluding hydrogens is 258 g/mol. The standard InChI is InChI=1S/C19H41NO/c1-3-5-6-7-8-9-10-11-12-13-14-15-17-20(4-2)18-16-19-21/h21H,3-19H2,1-2H3. The van der Waals surface area contributed by atoms with E-state index in [1.807, 2.05) is 0 Å². The second-order valence-electron chi connectivity index (χ2n) is 6.40. The van der Waals surface area contributed by atoms with Crippen LogP contribution in [0.4, 0.5) is 0 Å². The van der Waals surface area contributed by atoms with Crippen LogP contribution in [-0.2, 0) is 0 Å². The highest BCUT2D eigenvalue weighted by molar-refractivity contribution is 4.56. The van der Waals surface area contributed by atoms with Crippen molar-refractivity contribution >= 4 is 0 Å². The molecular formula is C19H41NO. The van der Waals surface area contributed by atoms with Gasteiger partial charge in [-0.25, -0.2) is 0 Å². The lowest BCUT2D eigenvalue weighted by Gasteiger charge is -2.19. The highest BCUT2D eigenvalue weighted by Gasteiger charge is 2.01. The van der Waals surface area contributed by atoms with Gasteiger partial charge in [-0.1, -0.05) is 84.5 Å². The molecule has 0 aliphatic rings. The molecule has 0 heterocycles. The van der Waals surface area contributed by atoms with Crippen LogP contribution in [0.1, 0.15) is 97.3 Å². The second kappa shape index (κ2) is 18.0. The Morgan fingerprint density at radius 3 is 1.43 bits per heavy atom. The Morgan fingerprint density at radius 1 is 0.571 bits per heavy atom. The normalized spacial score (nSPS) is 11.4. The summed E-state index contributed by atoms with van der Waals surface area (Å²) in [5.41, 5.74) is 0. The quantitative estimate of drug-likeness (QED) is 0.364. The van der Waals surface area contributed by atoms with Gasteiger partial charge in [0.25, 0.3) is 0 Å². The molecule has 0 aliphatic heterocycles. The number of hydrogen-bond donors (Lipinski definition) is 1. The van der Waals surface area contributed by atoms with Gasteiger partial charge in [0.2, 0.25) is 0 Å². The van der Waals surface area contributed by atoms with Gasteiger partial charge in [-0.2, -0.15) is 0 Å². The summed E-state index contributed by atoms with van der Waals surface area (Å²) in [4.78, 5) is 2.46. The first-order chi connectivity index (χ1) is 10.3. The minimum Gasteiger partial charge on any atom is -0.396 e. The smallest absolute Gasteiger partial charge is 0.0443 e. The Morgan fingerprint density at radius 2 is 1.00 bits per heavy atom. The monoisotopic (exact) mass is 299 g/mol. The van der Waals surface area contributed by atoms with E-state index in [2.05, 4.69) is 18.7 Å². The number of unbranched alkanes of at least 4 members (excludes halogenated alkanes) is 11. The molecule has 0 aromatic rings. The van der Waals surface area contributed by atoms with Crippen LogP contribution in [0, 0.1) is 0 Å². The molecule has 2 heteroatoms. The third kappa shape index (κ3) is 16.1. The summed E-state index contributed by atoms with van der Waals surface area (Å²) < 4.78 is 0. The second-order valence-corrected chi connectivity index (χ2v) is 6.40. The van der Waals surface area contributed by atoms with E-state index in [1.165, 1.54) is 83.6 Å². The van der Waals surface area contributed by atoms with E-state index in [4.69, 9.17) is 5.11 Å². The van der Waals surface area contributed by atoms with Gasteiger partial charge in [-0.3, -0.25) is 0 Å². The van der Waals surface area contributed by atoms with Crippen LogP contribution >= 0.6 is 0 Å². The summed E-state index contributed by atoms with van der Waals surface area (Å²) in [6.45, 7) is 8.23. The van der Waals surface area contributed by atoms with Crippen LogP contribution in [0.3, 0.4) is 0 Å². The van der Waals surface area contributed by atoms with Crippen molar-refractivity contribution in [1.82, 2.24) is 4.90 Å². The van der Waals surface area contributed by atoms with Gasteiger partial charge >= 0.3 is 0 Å². The van der Waals surface area contributed by atoms with Crippen molar-refractivity contribution in [1.29, 1.82) is 0 Å². The third-order valence-electron chi connectivity index (χ3n) is 4.41. The SMILES string of the molecule is CCCCCCCCCCCCCCN(CC)CCCO. The average Bonchev–Trinajstić information content (AvgIpc) is 2.51. The summed E-state index contributed by atoms with van der Waals surface area (Å²) in [7, 11) is 0. The van der Waals surface area contributed by atoms with E-state index in [1.54, 1.807) is 0 Å². The Kier molecular flexibility index (Phi) is 17.9. The summed E-state index contributed by atoms with van der Waals surface area (Å²) in [5.74, 6) is 0. The topological polar surface area (TPSA) is 23.5 Å². The largest absolute Gasteiger partial charge is 0.396 e. The Labute approximate surface area is 134 Å². The molecule has 0 rings (SSSR count). The molecule has 21 heavy (non-hydrogen) atoms. The molecule has 0 amide bonds. The highest BCUT2D eigenvalue weighted by Crippen LogP contribution is 2.12. The van der Waals surface area contributed by atoms with E-state index in [0.717, 1.165) is 19.5 Å². The lowest BCUT2D eigenvalue weighted by molar-refractivity contribution is 0.227. The van der Waals surface area contributed by atoms with Crippen molar-refractivity contribution in [3.63, 3.8) is 0 Å². The van der Waals surface area contributed by atoms with Gasteiger partial charge in [0.15, 0.2) is 0 Å². The molecule has 0 aromatic carbocycles. The van der Waals surface area contributed by atoms with Gasteiger partial charge in [0.1, 0.15) is 0 Å². The maximum Gasteiger partial charge on any atom is 0.0443 e. The fraction of sp³-hybridized carbons (Fsp3) is 1.00. The van der Waals surface area contributed by atoms with Crippen molar-refractivity contribution in [3.05, 3.63) is 0 Å². The number of rotatable bonds is 17. The number of aliphatic hydroxyl groups is 1. The van der Waals surface area contributed by atoms with Crippen LogP contribution < -0.4 is 0 Å². The van der Waals surface area contributed by atoms with Crippen molar-refractivity contribution in [2.45, 2.75) is 97.3 Å². The first-order valence-corrected chi connectivity index (χ1v) is 9.68. The van der Waals surface area contributed by atoms with Crippen LogP contribution in [0.25, 0.3) is 0 Å². The highest BCUT2D eigenvalue weighted by atomic mass is 16.3. The molecule has 1 N–H and O–H groups in total. The molecule has 0 aliphatic carbocycles. The number of hydrogen-bond acceptors (Lipinski definition) is 2. The molecule has 0 fully saturated rings. The van der Waals surface area contributed by atoms with Crippen LogP contribution in [-0.4, -0.2) is 36.2 Å². The zero-order valence-corrected chi connectivity index (χ0v) is 14.9. The molecule has 0 atom stereocenters. The predicted octanol–water partition coefficient (Wildman–Crippen LogP) is 5.39. The van der Waals surface area contributed by atoms with Gasteiger partial charge in [0, 0.05) is 13.2 Å². The molecule has 0 aromatic heterocycles. The predicted molar refractivity (Wildman–Crippen MR) is 94.9 cm³/mol. The minimum atomic E-state index is 0.328. The van der Waals surface area contributed by atoms with Crippen molar-refractivity contribution < 1.29 is 5.11 Å². The van der Waals surface area contributed by atoms with E-state index < -0.39 is 0 Å². The van der Waals surface area contributed by atoms with E-state index in [0.29, 0.717) is 6.61 Å². The van der Waals surface area contributed by atoms with E-state index >= 15 is 0 Å². The van der Waals surface area contributed by atoms with E-state index in [9.17, 15) is 0 Å². The molecule has 0 saturated heterocycles. The lowest BCUT2D eigenvalue weighted by Crippen LogP contribution is -2.26. The van der Waals surface area contributed by atoms with Gasteiger partial charge in [-0.05, 0) is 25.9 Å². The molecule has 128 valence electrons. The maximum atomic E-state index is 8.86. The van der Waals surface area contributed by atoms with Gasteiger partial charge < -0.3 is 10.0 Å².